The number of likely N-dealkylation sites (tertiary alicyclic amines) is 1. The van der Waals surface area contributed by atoms with Crippen LogP contribution in [0.3, 0.4) is 0 Å². The van der Waals surface area contributed by atoms with Crippen molar-refractivity contribution < 1.29 is 17.9 Å². The number of halogens is 3. The number of aromatic nitrogens is 4. The molecule has 0 radical (unpaired) electrons. The number of pyridine rings is 2. The molecule has 0 saturated carbocycles. The Morgan fingerprint density at radius 3 is 2.89 bits per heavy atom. The molecular weight excluding hydrogens is 359 g/mol. The molecule has 1 atom stereocenters. The van der Waals surface area contributed by atoms with E-state index in [0.29, 0.717) is 17.6 Å². The third-order valence-electron chi connectivity index (χ3n) is 4.84. The molecule has 0 amide bonds. The molecule has 1 aliphatic heterocycles. The molecule has 0 spiro atoms. The van der Waals surface area contributed by atoms with Gasteiger partial charge in [0.2, 0.25) is 5.88 Å². The lowest BCUT2D eigenvalue weighted by Gasteiger charge is -2.20. The predicted octanol–water partition coefficient (Wildman–Crippen LogP) is 3.51. The average molecular weight is 377 g/mol. The van der Waals surface area contributed by atoms with Crippen LogP contribution >= 0.6 is 0 Å². The SMILES string of the molecule is CN1CCC[C@H]1COc1ccc(C(F)(F)F)c(-c2[nH]nc3ncccc23)n1. The number of nitrogens with zero attached hydrogens (tertiary/aromatic N) is 4. The molecule has 3 aromatic rings. The van der Waals surface area contributed by atoms with Gasteiger partial charge in [-0.05, 0) is 44.6 Å². The predicted molar refractivity (Wildman–Crippen MR) is 93.3 cm³/mol. The van der Waals surface area contributed by atoms with Crippen LogP contribution in [0.15, 0.2) is 30.5 Å². The van der Waals surface area contributed by atoms with E-state index >= 15 is 0 Å². The first-order chi connectivity index (χ1) is 12.9. The summed E-state index contributed by atoms with van der Waals surface area (Å²) in [4.78, 5) is 10.4. The number of alkyl halides is 3. The van der Waals surface area contributed by atoms with Crippen LogP contribution in [-0.2, 0) is 6.18 Å². The number of likely N-dealkylation sites (N-methyl/N-ethyl adjacent to an activating group) is 1. The summed E-state index contributed by atoms with van der Waals surface area (Å²) < 4.78 is 46.3. The summed E-state index contributed by atoms with van der Waals surface area (Å²) in [6.07, 6.45) is -0.931. The molecule has 1 aliphatic rings. The smallest absolute Gasteiger partial charge is 0.418 e. The zero-order valence-electron chi connectivity index (χ0n) is 14.6. The van der Waals surface area contributed by atoms with E-state index in [1.54, 1.807) is 12.1 Å². The Morgan fingerprint density at radius 1 is 1.30 bits per heavy atom. The van der Waals surface area contributed by atoms with Gasteiger partial charge in [-0.3, -0.25) is 5.10 Å². The summed E-state index contributed by atoms with van der Waals surface area (Å²) in [6.45, 7) is 1.38. The summed E-state index contributed by atoms with van der Waals surface area (Å²) in [5.74, 6) is 0.157. The zero-order valence-corrected chi connectivity index (χ0v) is 14.6. The molecule has 4 heterocycles. The molecule has 0 bridgehead atoms. The molecule has 3 aromatic heterocycles. The first kappa shape index (κ1) is 17.7. The van der Waals surface area contributed by atoms with Gasteiger partial charge in [0.25, 0.3) is 0 Å². The van der Waals surface area contributed by atoms with Crippen molar-refractivity contribution in [3.8, 4) is 17.3 Å². The molecule has 9 heteroatoms. The van der Waals surface area contributed by atoms with Gasteiger partial charge >= 0.3 is 6.18 Å². The van der Waals surface area contributed by atoms with Crippen LogP contribution < -0.4 is 4.74 Å². The van der Waals surface area contributed by atoms with Gasteiger partial charge in [-0.1, -0.05) is 0 Å². The lowest BCUT2D eigenvalue weighted by molar-refractivity contribution is -0.137. The van der Waals surface area contributed by atoms with Crippen LogP contribution in [0.4, 0.5) is 13.2 Å². The monoisotopic (exact) mass is 377 g/mol. The van der Waals surface area contributed by atoms with Crippen LogP contribution in [0.5, 0.6) is 5.88 Å². The van der Waals surface area contributed by atoms with Gasteiger partial charge in [0.15, 0.2) is 5.65 Å². The minimum Gasteiger partial charge on any atom is -0.476 e. The Kier molecular flexibility index (Phi) is 4.47. The molecule has 0 aliphatic carbocycles. The lowest BCUT2D eigenvalue weighted by Crippen LogP contribution is -2.30. The topological polar surface area (TPSA) is 66.9 Å². The van der Waals surface area contributed by atoms with Gasteiger partial charge in [-0.25, -0.2) is 9.97 Å². The van der Waals surface area contributed by atoms with Crippen LogP contribution in [-0.4, -0.2) is 51.3 Å². The molecule has 4 rings (SSSR count). The van der Waals surface area contributed by atoms with Gasteiger partial charge in [0, 0.05) is 23.7 Å². The Bertz CT molecular complexity index is 956. The van der Waals surface area contributed by atoms with Gasteiger partial charge in [-0.2, -0.15) is 18.3 Å². The second-order valence-electron chi connectivity index (χ2n) is 6.60. The van der Waals surface area contributed by atoms with Gasteiger partial charge in [0.05, 0.1) is 11.3 Å². The summed E-state index contributed by atoms with van der Waals surface area (Å²) >= 11 is 0. The molecule has 0 unspecified atom stereocenters. The number of hydrogen-bond acceptors (Lipinski definition) is 5. The maximum Gasteiger partial charge on any atom is 0.418 e. The summed E-state index contributed by atoms with van der Waals surface area (Å²) in [6, 6.07) is 5.81. The maximum atomic E-state index is 13.5. The summed E-state index contributed by atoms with van der Waals surface area (Å²) in [5, 5.41) is 7.09. The van der Waals surface area contributed by atoms with Crippen LogP contribution in [0.2, 0.25) is 0 Å². The van der Waals surface area contributed by atoms with E-state index in [0.717, 1.165) is 25.5 Å². The number of aromatic amines is 1. The molecular formula is C18H18F3N5O. The highest BCUT2D eigenvalue weighted by atomic mass is 19.4. The van der Waals surface area contributed by atoms with E-state index < -0.39 is 11.7 Å². The highest BCUT2D eigenvalue weighted by Crippen LogP contribution is 2.38. The van der Waals surface area contributed by atoms with E-state index in [2.05, 4.69) is 25.1 Å². The minimum atomic E-state index is -4.55. The van der Waals surface area contributed by atoms with Crippen molar-refractivity contribution >= 4 is 11.0 Å². The third-order valence-corrected chi connectivity index (χ3v) is 4.84. The molecule has 1 saturated heterocycles. The second-order valence-corrected chi connectivity index (χ2v) is 6.60. The molecule has 27 heavy (non-hydrogen) atoms. The Labute approximate surface area is 153 Å². The van der Waals surface area contributed by atoms with Crippen molar-refractivity contribution in [1.82, 2.24) is 25.1 Å². The normalized spacial score (nSPS) is 18.3. The van der Waals surface area contributed by atoms with Crippen molar-refractivity contribution in [3.63, 3.8) is 0 Å². The van der Waals surface area contributed by atoms with Crippen molar-refractivity contribution in [2.45, 2.75) is 25.1 Å². The molecule has 142 valence electrons. The lowest BCUT2D eigenvalue weighted by atomic mass is 10.1. The highest BCUT2D eigenvalue weighted by Gasteiger charge is 2.36. The fraction of sp³-hybridized carbons (Fsp3) is 0.389. The van der Waals surface area contributed by atoms with E-state index in [4.69, 9.17) is 4.74 Å². The summed E-state index contributed by atoms with van der Waals surface area (Å²) in [5.41, 5.74) is -0.576. The first-order valence-corrected chi connectivity index (χ1v) is 8.64. The molecule has 1 fully saturated rings. The quantitative estimate of drug-likeness (QED) is 0.754. The maximum absolute atomic E-state index is 13.5. The molecule has 6 nitrogen and oxygen atoms in total. The number of nitrogens with one attached hydrogen (secondary N) is 1. The first-order valence-electron chi connectivity index (χ1n) is 8.64. The van der Waals surface area contributed by atoms with Crippen molar-refractivity contribution in [3.05, 3.63) is 36.0 Å². The number of fused-ring (bicyclic) bond motifs is 1. The number of rotatable bonds is 4. The van der Waals surface area contributed by atoms with Crippen LogP contribution in [0.25, 0.3) is 22.4 Å². The van der Waals surface area contributed by atoms with Crippen LogP contribution in [0, 0.1) is 0 Å². The van der Waals surface area contributed by atoms with E-state index in [-0.39, 0.29) is 23.3 Å². The number of hydrogen-bond donors (Lipinski definition) is 1. The second kappa shape index (κ2) is 6.80. The van der Waals surface area contributed by atoms with E-state index in [1.165, 1.54) is 12.3 Å². The summed E-state index contributed by atoms with van der Waals surface area (Å²) in [7, 11) is 2.01. The zero-order chi connectivity index (χ0) is 19.0. The third kappa shape index (κ3) is 3.46. The van der Waals surface area contributed by atoms with Crippen molar-refractivity contribution in [2.24, 2.45) is 0 Å². The minimum absolute atomic E-state index is 0.157. The highest BCUT2D eigenvalue weighted by molar-refractivity contribution is 5.90. The average Bonchev–Trinajstić information content (AvgIpc) is 3.25. The van der Waals surface area contributed by atoms with Gasteiger partial charge < -0.3 is 9.64 Å². The fourth-order valence-corrected chi connectivity index (χ4v) is 3.34. The van der Waals surface area contributed by atoms with E-state index in [1.807, 2.05) is 7.05 Å². The fourth-order valence-electron chi connectivity index (χ4n) is 3.34. The Balaban J connectivity index is 1.71. The Morgan fingerprint density at radius 2 is 2.15 bits per heavy atom. The van der Waals surface area contributed by atoms with Crippen LogP contribution in [0.1, 0.15) is 18.4 Å². The van der Waals surface area contributed by atoms with E-state index in [9.17, 15) is 13.2 Å². The number of ether oxygens (including phenoxy) is 1. The molecule has 0 aromatic carbocycles. The standard InChI is InChI=1S/C18H18F3N5O/c1-26-9-3-4-11(26)10-27-14-7-6-13(18(19,20)21)16(23-14)15-12-5-2-8-22-17(12)25-24-15/h2,5-8,11H,3-4,9-10H2,1H3,(H,22,24,25)/t11-/m0/s1. The molecule has 1 N–H and O–H groups in total. The van der Waals surface area contributed by atoms with Gasteiger partial charge in [0.1, 0.15) is 12.3 Å². The van der Waals surface area contributed by atoms with Gasteiger partial charge in [-0.15, -0.1) is 0 Å². The van der Waals surface area contributed by atoms with Crippen molar-refractivity contribution in [1.29, 1.82) is 0 Å². The number of H-pyrrole nitrogens is 1. The Hall–Kier alpha value is -2.68. The van der Waals surface area contributed by atoms with Crippen molar-refractivity contribution in [2.75, 3.05) is 20.2 Å². The largest absolute Gasteiger partial charge is 0.476 e.